The Morgan fingerprint density at radius 2 is 1.54 bits per heavy atom. The van der Waals surface area contributed by atoms with Crippen LogP contribution < -0.4 is 16.8 Å². The van der Waals surface area contributed by atoms with Crippen LogP contribution in [0.25, 0.3) is 0 Å². The van der Waals surface area contributed by atoms with Gasteiger partial charge in [-0.15, -0.1) is 0 Å². The van der Waals surface area contributed by atoms with Crippen molar-refractivity contribution in [3.63, 3.8) is 0 Å². The number of benzene rings is 3. The Labute approximate surface area is 204 Å². The van der Waals surface area contributed by atoms with Crippen molar-refractivity contribution in [2.24, 2.45) is 16.5 Å². The van der Waals surface area contributed by atoms with Gasteiger partial charge in [-0.3, -0.25) is 19.3 Å². The van der Waals surface area contributed by atoms with E-state index in [-0.39, 0.29) is 23.7 Å². The van der Waals surface area contributed by atoms with Gasteiger partial charge in [0.25, 0.3) is 11.8 Å². The van der Waals surface area contributed by atoms with Gasteiger partial charge in [0, 0.05) is 24.7 Å². The lowest BCUT2D eigenvalue weighted by molar-refractivity contribution is -0.129. The van der Waals surface area contributed by atoms with E-state index in [1.807, 2.05) is 49.4 Å². The molecule has 0 bridgehead atoms. The Hall–Kier alpha value is -4.46. The first kappa shape index (κ1) is 25.2. The van der Waals surface area contributed by atoms with Crippen LogP contribution in [0.3, 0.4) is 0 Å². The third-order valence-corrected chi connectivity index (χ3v) is 5.50. The molecule has 8 heteroatoms. The average molecular weight is 472 g/mol. The van der Waals surface area contributed by atoms with Crippen molar-refractivity contribution in [3.8, 4) is 0 Å². The normalized spacial score (nSPS) is 16.7. The number of nitrogens with two attached hydrogens (primary N) is 2. The van der Waals surface area contributed by atoms with Crippen molar-refractivity contribution in [1.82, 2.24) is 4.90 Å². The summed E-state index contributed by atoms with van der Waals surface area (Å²) < 4.78 is 0. The van der Waals surface area contributed by atoms with E-state index < -0.39 is 5.54 Å². The van der Waals surface area contributed by atoms with Gasteiger partial charge in [-0.1, -0.05) is 67.6 Å². The zero-order valence-corrected chi connectivity index (χ0v) is 19.8. The lowest BCUT2D eigenvalue weighted by atomic mass is 9.82. The number of nitrogens with one attached hydrogen (secondary N) is 1. The van der Waals surface area contributed by atoms with E-state index in [4.69, 9.17) is 11.5 Å². The number of rotatable bonds is 6. The van der Waals surface area contributed by atoms with Crippen molar-refractivity contribution >= 4 is 29.4 Å². The Kier molecular flexibility index (Phi) is 7.99. The Morgan fingerprint density at radius 3 is 2.06 bits per heavy atom. The first-order chi connectivity index (χ1) is 16.8. The first-order valence-corrected chi connectivity index (χ1v) is 11.2. The van der Waals surface area contributed by atoms with Gasteiger partial charge in [-0.05, 0) is 41.8 Å². The van der Waals surface area contributed by atoms with Gasteiger partial charge in [0.2, 0.25) is 5.91 Å². The number of hydrogen-bond acceptors (Lipinski definition) is 5. The fraction of sp³-hybridized carbons (Fsp3) is 0.185. The summed E-state index contributed by atoms with van der Waals surface area (Å²) >= 11 is 0. The molecule has 1 unspecified atom stereocenters. The molecule has 3 aromatic carbocycles. The minimum absolute atomic E-state index is 0.151. The average Bonchev–Trinajstić information content (AvgIpc) is 3.10. The number of amides is 3. The van der Waals surface area contributed by atoms with Gasteiger partial charge in [-0.2, -0.15) is 0 Å². The molecule has 4 rings (SSSR count). The molecule has 1 heterocycles. The number of carbonyl (C=O) groups excluding carboxylic acids is 3. The molecular formula is C27H29N5O3. The van der Waals surface area contributed by atoms with E-state index >= 15 is 0 Å². The SMILES string of the molecule is CCCC(N)=O.CN1C(=O)C(c2ccccc2)(c2cccc(NC(=O)c3ccccc3)c2)N=C1N. The standard InChI is InChI=1S/C23H20N4O2.C4H9NO/c1-27-21(29)23(26-22(27)24,17-11-6-3-7-12-17)18-13-8-14-19(15-18)25-20(28)16-9-4-2-5-10-16;1-2-3-4(5)6/h2-15H,1H3,(H2,24,26)(H,25,28);2-3H2,1H3,(H2,5,6). The number of aliphatic imine (C=N–C) groups is 1. The van der Waals surface area contributed by atoms with E-state index in [9.17, 15) is 14.4 Å². The Morgan fingerprint density at radius 1 is 0.943 bits per heavy atom. The van der Waals surface area contributed by atoms with Gasteiger partial charge in [0.05, 0.1) is 0 Å². The van der Waals surface area contributed by atoms with E-state index in [1.54, 1.807) is 49.5 Å². The molecule has 3 aromatic rings. The van der Waals surface area contributed by atoms with E-state index in [0.717, 1.165) is 6.42 Å². The number of hydrogen-bond donors (Lipinski definition) is 3. The summed E-state index contributed by atoms with van der Waals surface area (Å²) in [5.74, 6) is -0.530. The highest BCUT2D eigenvalue weighted by Gasteiger charge is 2.49. The summed E-state index contributed by atoms with van der Waals surface area (Å²) in [4.78, 5) is 41.5. The van der Waals surface area contributed by atoms with E-state index in [1.165, 1.54) is 4.90 Å². The molecular weight excluding hydrogens is 442 g/mol. The molecule has 1 aliphatic heterocycles. The number of anilines is 1. The maximum atomic E-state index is 13.2. The summed E-state index contributed by atoms with van der Waals surface area (Å²) in [5.41, 5.74) is 11.9. The highest BCUT2D eigenvalue weighted by Crippen LogP contribution is 2.39. The highest BCUT2D eigenvalue weighted by atomic mass is 16.2. The lowest BCUT2D eigenvalue weighted by Crippen LogP contribution is -2.41. The van der Waals surface area contributed by atoms with Crippen molar-refractivity contribution < 1.29 is 14.4 Å². The molecule has 180 valence electrons. The minimum atomic E-state index is -1.28. The summed E-state index contributed by atoms with van der Waals surface area (Å²) in [6.07, 6.45) is 1.37. The van der Waals surface area contributed by atoms with Gasteiger partial charge < -0.3 is 16.8 Å². The molecule has 1 atom stereocenters. The molecule has 35 heavy (non-hydrogen) atoms. The monoisotopic (exact) mass is 471 g/mol. The number of nitrogens with zero attached hydrogens (tertiary/aromatic N) is 2. The predicted molar refractivity (Wildman–Crippen MR) is 137 cm³/mol. The first-order valence-electron chi connectivity index (χ1n) is 11.2. The molecule has 0 saturated carbocycles. The van der Waals surface area contributed by atoms with Crippen LogP contribution in [0.5, 0.6) is 0 Å². The number of carbonyl (C=O) groups is 3. The molecule has 8 nitrogen and oxygen atoms in total. The Balaban J connectivity index is 0.000000509. The fourth-order valence-corrected chi connectivity index (χ4v) is 3.72. The summed E-state index contributed by atoms with van der Waals surface area (Å²) in [5, 5.41) is 2.88. The quantitative estimate of drug-likeness (QED) is 0.509. The van der Waals surface area contributed by atoms with Crippen LogP contribution in [-0.4, -0.2) is 35.6 Å². The summed E-state index contributed by atoms with van der Waals surface area (Å²) in [6, 6.07) is 25.4. The van der Waals surface area contributed by atoms with Gasteiger partial charge >= 0.3 is 0 Å². The number of guanidine groups is 1. The summed E-state index contributed by atoms with van der Waals surface area (Å²) in [7, 11) is 1.60. The van der Waals surface area contributed by atoms with Crippen LogP contribution in [-0.2, 0) is 15.1 Å². The highest BCUT2D eigenvalue weighted by molar-refractivity contribution is 6.09. The number of likely N-dealkylation sites (N-methyl/N-ethyl adjacent to an activating group) is 1. The van der Waals surface area contributed by atoms with Crippen molar-refractivity contribution in [3.05, 3.63) is 102 Å². The summed E-state index contributed by atoms with van der Waals surface area (Å²) in [6.45, 7) is 1.92. The number of primary amides is 1. The second-order valence-corrected chi connectivity index (χ2v) is 8.03. The zero-order chi connectivity index (χ0) is 25.4. The second-order valence-electron chi connectivity index (χ2n) is 8.03. The predicted octanol–water partition coefficient (Wildman–Crippen LogP) is 3.24. The smallest absolute Gasteiger partial charge is 0.266 e. The van der Waals surface area contributed by atoms with Crippen LogP contribution >= 0.6 is 0 Å². The van der Waals surface area contributed by atoms with Crippen LogP contribution in [0.2, 0.25) is 0 Å². The van der Waals surface area contributed by atoms with Gasteiger partial charge in [0.15, 0.2) is 11.5 Å². The molecule has 0 aromatic heterocycles. The molecule has 0 fully saturated rings. The molecule has 0 saturated heterocycles. The third kappa shape index (κ3) is 5.55. The molecule has 5 N–H and O–H groups in total. The van der Waals surface area contributed by atoms with Crippen LogP contribution in [0.15, 0.2) is 89.9 Å². The van der Waals surface area contributed by atoms with Crippen molar-refractivity contribution in [1.29, 1.82) is 0 Å². The fourth-order valence-electron chi connectivity index (χ4n) is 3.72. The van der Waals surface area contributed by atoms with Gasteiger partial charge in [-0.25, -0.2) is 4.99 Å². The zero-order valence-electron chi connectivity index (χ0n) is 19.8. The molecule has 1 aliphatic rings. The molecule has 3 amide bonds. The van der Waals surface area contributed by atoms with Crippen molar-refractivity contribution in [2.45, 2.75) is 25.3 Å². The lowest BCUT2D eigenvalue weighted by Gasteiger charge is -2.26. The molecule has 0 aliphatic carbocycles. The third-order valence-electron chi connectivity index (χ3n) is 5.50. The van der Waals surface area contributed by atoms with Gasteiger partial charge in [0.1, 0.15) is 0 Å². The van der Waals surface area contributed by atoms with Crippen LogP contribution in [0, 0.1) is 0 Å². The van der Waals surface area contributed by atoms with Crippen molar-refractivity contribution in [2.75, 3.05) is 12.4 Å². The maximum absolute atomic E-state index is 13.2. The molecule has 0 radical (unpaired) electrons. The maximum Gasteiger partial charge on any atom is 0.266 e. The largest absolute Gasteiger partial charge is 0.370 e. The van der Waals surface area contributed by atoms with E-state index in [0.29, 0.717) is 28.8 Å². The van der Waals surface area contributed by atoms with E-state index in [2.05, 4.69) is 10.3 Å². The second kappa shape index (κ2) is 11.1. The topological polar surface area (TPSA) is 131 Å². The molecule has 0 spiro atoms. The Bertz CT molecular complexity index is 1230. The van der Waals surface area contributed by atoms with Crippen LogP contribution in [0.1, 0.15) is 41.3 Å². The van der Waals surface area contributed by atoms with Crippen LogP contribution in [0.4, 0.5) is 5.69 Å². The minimum Gasteiger partial charge on any atom is -0.370 e.